The normalized spacial score (nSPS) is 19.8. The van der Waals surface area contributed by atoms with Crippen molar-refractivity contribution >= 4 is 21.6 Å². The smallest absolute Gasteiger partial charge is 0.260 e. The molecule has 0 amide bonds. The van der Waals surface area contributed by atoms with Crippen molar-refractivity contribution in [3.8, 4) is 11.8 Å². The summed E-state index contributed by atoms with van der Waals surface area (Å²) in [7, 11) is -3.80. The maximum Gasteiger partial charge on any atom is 0.260 e. The second-order valence-electron chi connectivity index (χ2n) is 7.93. The molecular weight excluding hydrogens is 461 g/mol. The lowest BCUT2D eigenvalue weighted by molar-refractivity contribution is -0.0711. The summed E-state index contributed by atoms with van der Waals surface area (Å²) >= 11 is 5.71. The zero-order valence-electron chi connectivity index (χ0n) is 17.6. The first-order valence-electron chi connectivity index (χ1n) is 9.80. The van der Waals surface area contributed by atoms with Crippen molar-refractivity contribution in [3.63, 3.8) is 0 Å². The van der Waals surface area contributed by atoms with Gasteiger partial charge in [0.25, 0.3) is 10.0 Å². The van der Waals surface area contributed by atoms with Crippen molar-refractivity contribution in [1.29, 1.82) is 5.26 Å². The van der Waals surface area contributed by atoms with E-state index in [0.29, 0.717) is 11.4 Å². The van der Waals surface area contributed by atoms with Gasteiger partial charge in [-0.3, -0.25) is 0 Å². The molecule has 1 aromatic carbocycles. The molecule has 0 bridgehead atoms. The van der Waals surface area contributed by atoms with Crippen LogP contribution < -0.4 is 0 Å². The molecule has 8 nitrogen and oxygen atoms in total. The monoisotopic (exact) mass is 485 g/mol. The molecule has 2 aromatic rings. The number of halogens is 2. The number of aromatic hydroxyl groups is 1. The number of benzene rings is 1. The maximum absolute atomic E-state index is 12.5. The van der Waals surface area contributed by atoms with Gasteiger partial charge in [-0.15, -0.1) is 0 Å². The molecule has 0 saturated carbocycles. The van der Waals surface area contributed by atoms with Crippen LogP contribution in [0.15, 0.2) is 41.6 Å². The van der Waals surface area contributed by atoms with Gasteiger partial charge < -0.3 is 15.3 Å². The Labute approximate surface area is 191 Å². The van der Waals surface area contributed by atoms with Crippen LogP contribution in [-0.4, -0.2) is 57.8 Å². The van der Waals surface area contributed by atoms with Gasteiger partial charge in [0.1, 0.15) is 23.2 Å². The Balaban J connectivity index is 0.000000303. The lowest BCUT2D eigenvalue weighted by atomic mass is 9.90. The Morgan fingerprint density at radius 3 is 2.56 bits per heavy atom. The molecule has 3 N–H and O–H groups in total. The third-order valence-electron chi connectivity index (χ3n) is 4.94. The fraction of sp³-hybridized carbons (Fsp3) is 0.429. The molecule has 1 saturated heterocycles. The lowest BCUT2D eigenvalue weighted by Gasteiger charge is -2.29. The molecule has 2 atom stereocenters. The van der Waals surface area contributed by atoms with Gasteiger partial charge >= 0.3 is 0 Å². The van der Waals surface area contributed by atoms with Crippen LogP contribution in [0.3, 0.4) is 0 Å². The zero-order chi connectivity index (χ0) is 24.1. The third kappa shape index (κ3) is 6.37. The molecule has 0 spiro atoms. The van der Waals surface area contributed by atoms with Crippen molar-refractivity contribution in [2.24, 2.45) is 5.92 Å². The predicted molar refractivity (Wildman–Crippen MR) is 116 cm³/mol. The number of phenolic OH excluding ortho intramolecular Hbond substituents is 1. The highest BCUT2D eigenvalue weighted by atomic mass is 35.5. The molecule has 1 aliphatic heterocycles. The Bertz CT molecular complexity index is 1080. The zero-order valence-corrected chi connectivity index (χ0v) is 19.2. The fourth-order valence-electron chi connectivity index (χ4n) is 3.17. The van der Waals surface area contributed by atoms with Gasteiger partial charge in [0.15, 0.2) is 5.03 Å². The highest BCUT2D eigenvalue weighted by Gasteiger charge is 2.46. The number of pyridine rings is 1. The van der Waals surface area contributed by atoms with Crippen molar-refractivity contribution in [2.75, 3.05) is 13.1 Å². The molecule has 174 valence electrons. The van der Waals surface area contributed by atoms with Gasteiger partial charge in [-0.25, -0.2) is 17.8 Å². The Hall–Kier alpha value is -2.29. The standard InChI is InChI=1S/C14H21ClN2O4S.C7H4FNO/c1-10(2)7-12(18)14(19)5-6-17(9-14)22(20,21)13-4-3-11(15)8-16-13;8-7-3-6(10)2-1-5(7)4-9/h3-4,8,10,12,18-19H,5-7,9H2,1-2H3;1-3,10H. The number of nitriles is 1. The number of sulfonamides is 1. The molecule has 0 aliphatic carbocycles. The largest absolute Gasteiger partial charge is 0.508 e. The summed E-state index contributed by atoms with van der Waals surface area (Å²) in [6, 6.07) is 7.82. The minimum atomic E-state index is -3.80. The van der Waals surface area contributed by atoms with Crippen LogP contribution in [0.4, 0.5) is 4.39 Å². The number of aliphatic hydroxyl groups is 2. The lowest BCUT2D eigenvalue weighted by Crippen LogP contribution is -2.46. The van der Waals surface area contributed by atoms with Gasteiger partial charge in [0, 0.05) is 25.4 Å². The first-order valence-corrected chi connectivity index (χ1v) is 11.6. The van der Waals surface area contributed by atoms with E-state index in [2.05, 4.69) is 4.98 Å². The highest BCUT2D eigenvalue weighted by molar-refractivity contribution is 7.89. The van der Waals surface area contributed by atoms with Crippen molar-refractivity contribution in [1.82, 2.24) is 9.29 Å². The second-order valence-corrected chi connectivity index (χ2v) is 10.2. The van der Waals surface area contributed by atoms with E-state index in [-0.39, 0.29) is 41.8 Å². The predicted octanol–water partition coefficient (Wildman–Crippen LogP) is 2.67. The molecule has 2 unspecified atom stereocenters. The molecule has 2 heterocycles. The molecular formula is C21H25ClFN3O5S. The maximum atomic E-state index is 12.5. The number of hydrogen-bond donors (Lipinski definition) is 3. The third-order valence-corrected chi connectivity index (χ3v) is 6.92. The summed E-state index contributed by atoms with van der Waals surface area (Å²) in [5.41, 5.74) is -1.47. The quantitative estimate of drug-likeness (QED) is 0.592. The minimum absolute atomic E-state index is 0.0576. The molecule has 3 rings (SSSR count). The van der Waals surface area contributed by atoms with Crippen molar-refractivity contribution in [2.45, 2.75) is 43.4 Å². The molecule has 0 radical (unpaired) electrons. The van der Waals surface area contributed by atoms with Gasteiger partial charge in [-0.1, -0.05) is 25.4 Å². The summed E-state index contributed by atoms with van der Waals surface area (Å²) in [5, 5.41) is 37.9. The molecule has 11 heteroatoms. The first kappa shape index (κ1) is 26.0. The summed E-state index contributed by atoms with van der Waals surface area (Å²) in [4.78, 5) is 3.83. The first-order chi connectivity index (χ1) is 14.9. The average molecular weight is 486 g/mol. The number of phenols is 1. The number of β-amino-alcohol motifs (C(OH)–C–C–N with tert-alkyl or cyclic N) is 1. The number of aromatic nitrogens is 1. The van der Waals surface area contributed by atoms with Crippen LogP contribution in [-0.2, 0) is 10.0 Å². The number of hydrogen-bond acceptors (Lipinski definition) is 7. The highest BCUT2D eigenvalue weighted by Crippen LogP contribution is 2.31. The van der Waals surface area contributed by atoms with Gasteiger partial charge in [-0.05, 0) is 43.0 Å². The van der Waals surface area contributed by atoms with E-state index in [0.717, 1.165) is 10.4 Å². The SMILES string of the molecule is CC(C)CC(O)C1(O)CCN(S(=O)(=O)c2ccc(Cl)cn2)C1.N#Cc1ccc(O)cc1F. The number of rotatable bonds is 5. The second kappa shape index (κ2) is 10.6. The summed E-state index contributed by atoms with van der Waals surface area (Å²) in [6.45, 7) is 3.90. The summed E-state index contributed by atoms with van der Waals surface area (Å²) in [5.74, 6) is -0.651. The summed E-state index contributed by atoms with van der Waals surface area (Å²) < 4.78 is 38.6. The Morgan fingerprint density at radius 2 is 2.03 bits per heavy atom. The van der Waals surface area contributed by atoms with E-state index in [1.807, 2.05) is 13.8 Å². The van der Waals surface area contributed by atoms with Crippen LogP contribution in [0.25, 0.3) is 0 Å². The van der Waals surface area contributed by atoms with Crippen molar-refractivity contribution < 1.29 is 28.1 Å². The molecule has 32 heavy (non-hydrogen) atoms. The van der Waals surface area contributed by atoms with Gasteiger partial charge in [-0.2, -0.15) is 9.57 Å². The number of nitrogens with zero attached hydrogens (tertiary/aromatic N) is 3. The van der Waals surface area contributed by atoms with Crippen LogP contribution in [0.2, 0.25) is 5.02 Å². The average Bonchev–Trinajstić information content (AvgIpc) is 3.13. The molecule has 1 fully saturated rings. The molecule has 1 aromatic heterocycles. The molecule has 1 aliphatic rings. The summed E-state index contributed by atoms with van der Waals surface area (Å²) in [6.07, 6.45) is 0.938. The topological polar surface area (TPSA) is 135 Å². The van der Waals surface area contributed by atoms with E-state index < -0.39 is 27.5 Å². The minimum Gasteiger partial charge on any atom is -0.508 e. The van der Waals surface area contributed by atoms with Gasteiger partial charge in [0.05, 0.1) is 16.7 Å². The van der Waals surface area contributed by atoms with E-state index in [1.54, 1.807) is 6.07 Å². The van der Waals surface area contributed by atoms with Crippen LogP contribution in [0, 0.1) is 23.1 Å². The van der Waals surface area contributed by atoms with E-state index in [1.165, 1.54) is 30.5 Å². The van der Waals surface area contributed by atoms with Gasteiger partial charge in [0.2, 0.25) is 0 Å². The Kier molecular flexibility index (Phi) is 8.56. The van der Waals surface area contributed by atoms with Crippen LogP contribution in [0.5, 0.6) is 5.75 Å². The van der Waals surface area contributed by atoms with Crippen molar-refractivity contribution in [3.05, 3.63) is 52.9 Å². The van der Waals surface area contributed by atoms with E-state index in [9.17, 15) is 23.0 Å². The van der Waals surface area contributed by atoms with Crippen LogP contribution >= 0.6 is 11.6 Å². The van der Waals surface area contributed by atoms with Crippen LogP contribution in [0.1, 0.15) is 32.3 Å². The Morgan fingerprint density at radius 1 is 1.34 bits per heavy atom. The number of aliphatic hydroxyl groups excluding tert-OH is 1. The van der Waals surface area contributed by atoms with E-state index in [4.69, 9.17) is 22.0 Å². The fourth-order valence-corrected chi connectivity index (χ4v) is 4.69. The van der Waals surface area contributed by atoms with E-state index >= 15 is 0 Å².